The summed E-state index contributed by atoms with van der Waals surface area (Å²) in [6.45, 7) is 3.66. The highest BCUT2D eigenvalue weighted by atomic mass is 32.1. The average molecular weight is 318 g/mol. The van der Waals surface area contributed by atoms with Crippen molar-refractivity contribution in [2.24, 2.45) is 0 Å². The third-order valence-corrected chi connectivity index (χ3v) is 4.22. The number of benzene rings is 1. The van der Waals surface area contributed by atoms with Gasteiger partial charge in [-0.15, -0.1) is 10.2 Å². The Kier molecular flexibility index (Phi) is 4.77. The minimum atomic E-state index is -0.0771. The predicted octanol–water partition coefficient (Wildman–Crippen LogP) is 1.94. The molecule has 0 aliphatic carbocycles. The van der Waals surface area contributed by atoms with E-state index in [0.29, 0.717) is 18.3 Å². The molecule has 0 spiro atoms. The lowest BCUT2D eigenvalue weighted by atomic mass is 10.0. The lowest BCUT2D eigenvalue weighted by molar-refractivity contribution is -0.121. The molecule has 1 aromatic carbocycles. The Morgan fingerprint density at radius 2 is 2.27 bits per heavy atom. The van der Waals surface area contributed by atoms with Gasteiger partial charge in [-0.1, -0.05) is 41.7 Å². The van der Waals surface area contributed by atoms with E-state index < -0.39 is 0 Å². The molecule has 1 saturated heterocycles. The number of amides is 1. The summed E-state index contributed by atoms with van der Waals surface area (Å²) < 4.78 is 5.77. The first-order valence-electron chi connectivity index (χ1n) is 7.19. The number of morpholine rings is 1. The highest BCUT2D eigenvalue weighted by molar-refractivity contribution is 7.13. The summed E-state index contributed by atoms with van der Waals surface area (Å²) >= 11 is 1.31. The van der Waals surface area contributed by atoms with Crippen LogP contribution in [0, 0.1) is 0 Å². The molecule has 7 heteroatoms. The molecule has 1 N–H and O–H groups in total. The number of ether oxygens (including phenoxy) is 1. The van der Waals surface area contributed by atoms with E-state index in [4.69, 9.17) is 4.74 Å². The Hall–Kier alpha value is -1.83. The smallest absolute Gasteiger partial charge is 0.240 e. The van der Waals surface area contributed by atoms with Crippen molar-refractivity contribution in [3.63, 3.8) is 0 Å². The predicted molar refractivity (Wildman–Crippen MR) is 84.7 cm³/mol. The lowest BCUT2D eigenvalue weighted by Gasteiger charge is -2.38. The van der Waals surface area contributed by atoms with E-state index in [1.165, 1.54) is 11.3 Å². The van der Waals surface area contributed by atoms with Crippen molar-refractivity contribution < 1.29 is 9.53 Å². The van der Waals surface area contributed by atoms with E-state index in [0.717, 1.165) is 12.1 Å². The zero-order chi connectivity index (χ0) is 15.4. The van der Waals surface area contributed by atoms with Gasteiger partial charge in [0.15, 0.2) is 0 Å². The van der Waals surface area contributed by atoms with Crippen LogP contribution >= 0.6 is 11.3 Å². The second-order valence-corrected chi connectivity index (χ2v) is 6.13. The molecule has 22 heavy (non-hydrogen) atoms. The van der Waals surface area contributed by atoms with Gasteiger partial charge < -0.3 is 4.74 Å². The molecule has 2 atom stereocenters. The van der Waals surface area contributed by atoms with E-state index in [1.807, 2.05) is 25.1 Å². The van der Waals surface area contributed by atoms with Gasteiger partial charge in [-0.2, -0.15) is 0 Å². The number of nitrogens with one attached hydrogen (secondary N) is 1. The Balaban J connectivity index is 1.69. The van der Waals surface area contributed by atoms with Crippen molar-refractivity contribution in [1.29, 1.82) is 0 Å². The first kappa shape index (κ1) is 15.1. The number of carbonyl (C=O) groups is 1. The molecule has 2 heterocycles. The van der Waals surface area contributed by atoms with E-state index in [1.54, 1.807) is 5.51 Å². The van der Waals surface area contributed by atoms with Crippen LogP contribution in [-0.4, -0.2) is 46.8 Å². The van der Waals surface area contributed by atoms with Gasteiger partial charge in [0.25, 0.3) is 0 Å². The summed E-state index contributed by atoms with van der Waals surface area (Å²) in [5, 5.41) is 10.9. The molecule has 1 aromatic heterocycles. The van der Waals surface area contributed by atoms with Crippen LogP contribution in [0.25, 0.3) is 0 Å². The summed E-state index contributed by atoms with van der Waals surface area (Å²) in [5.41, 5.74) is 2.76. The van der Waals surface area contributed by atoms with Crippen LogP contribution in [0.2, 0.25) is 0 Å². The van der Waals surface area contributed by atoms with Gasteiger partial charge in [-0.25, -0.2) is 0 Å². The molecular weight excluding hydrogens is 300 g/mol. The van der Waals surface area contributed by atoms with Crippen molar-refractivity contribution in [3.05, 3.63) is 41.4 Å². The number of anilines is 1. The Labute approximate surface area is 133 Å². The van der Waals surface area contributed by atoms with Crippen molar-refractivity contribution in [2.75, 3.05) is 25.0 Å². The van der Waals surface area contributed by atoms with Gasteiger partial charge in [0.1, 0.15) is 5.51 Å². The fraction of sp³-hybridized carbons (Fsp3) is 0.400. The van der Waals surface area contributed by atoms with Gasteiger partial charge in [-0.3, -0.25) is 15.0 Å². The highest BCUT2D eigenvalue weighted by Gasteiger charge is 2.29. The summed E-state index contributed by atoms with van der Waals surface area (Å²) in [4.78, 5) is 14.4. The molecule has 1 fully saturated rings. The average Bonchev–Trinajstić information content (AvgIpc) is 3.01. The van der Waals surface area contributed by atoms with Crippen molar-refractivity contribution in [2.45, 2.75) is 19.1 Å². The largest absolute Gasteiger partial charge is 0.375 e. The molecule has 1 aliphatic rings. The number of nitrogens with zero attached hydrogens (tertiary/aromatic N) is 3. The van der Waals surface area contributed by atoms with Crippen LogP contribution in [0.3, 0.4) is 0 Å². The van der Waals surface area contributed by atoms with Gasteiger partial charge in [-0.05, 0) is 12.5 Å². The molecule has 0 unspecified atom stereocenters. The lowest BCUT2D eigenvalue weighted by Crippen LogP contribution is -2.46. The first-order valence-corrected chi connectivity index (χ1v) is 8.07. The van der Waals surface area contributed by atoms with Crippen molar-refractivity contribution in [1.82, 2.24) is 15.1 Å². The quantitative estimate of drug-likeness (QED) is 0.933. The minimum Gasteiger partial charge on any atom is -0.375 e. The number of hydrogen-bond acceptors (Lipinski definition) is 6. The fourth-order valence-electron chi connectivity index (χ4n) is 2.60. The fourth-order valence-corrected chi connectivity index (χ4v) is 3.06. The Bertz CT molecular complexity index is 605. The van der Waals surface area contributed by atoms with E-state index in [2.05, 4.69) is 32.5 Å². The van der Waals surface area contributed by atoms with Crippen LogP contribution in [0.1, 0.15) is 18.5 Å². The molecule has 116 valence electrons. The first-order chi connectivity index (χ1) is 10.7. The van der Waals surface area contributed by atoms with Crippen LogP contribution in [-0.2, 0) is 9.53 Å². The molecule has 3 rings (SSSR count). The normalized spacial score (nSPS) is 22.4. The molecule has 2 aromatic rings. The van der Waals surface area contributed by atoms with Crippen LogP contribution < -0.4 is 5.32 Å². The molecule has 6 nitrogen and oxygen atoms in total. The van der Waals surface area contributed by atoms with Crippen molar-refractivity contribution in [3.8, 4) is 0 Å². The van der Waals surface area contributed by atoms with Gasteiger partial charge >= 0.3 is 0 Å². The van der Waals surface area contributed by atoms with Crippen LogP contribution in [0.5, 0.6) is 0 Å². The minimum absolute atomic E-state index is 0.0771. The molecule has 0 bridgehead atoms. The summed E-state index contributed by atoms with van der Waals surface area (Å²) in [7, 11) is 0. The molecule has 1 aliphatic heterocycles. The highest BCUT2D eigenvalue weighted by Crippen LogP contribution is 2.25. The summed E-state index contributed by atoms with van der Waals surface area (Å²) in [5.74, 6) is -0.0771. The zero-order valence-corrected chi connectivity index (χ0v) is 13.1. The zero-order valence-electron chi connectivity index (χ0n) is 12.3. The van der Waals surface area contributed by atoms with Crippen LogP contribution in [0.4, 0.5) is 5.13 Å². The number of carbonyl (C=O) groups excluding carboxylic acids is 1. The third kappa shape index (κ3) is 3.68. The van der Waals surface area contributed by atoms with Gasteiger partial charge in [0.05, 0.1) is 25.3 Å². The molecule has 1 amide bonds. The standard InChI is InChI=1S/C15H18N4O2S/c1-11-7-19(8-14(20)17-15-18-16-10-22-15)13(9-21-11)12-5-3-2-4-6-12/h2-6,10-11,13H,7-9H2,1H3,(H,17,18,20)/t11-,13+/m1/s1. The van der Waals surface area contributed by atoms with E-state index in [-0.39, 0.29) is 18.1 Å². The monoisotopic (exact) mass is 318 g/mol. The second kappa shape index (κ2) is 6.95. The molecule has 0 saturated carbocycles. The Morgan fingerprint density at radius 1 is 1.45 bits per heavy atom. The number of hydrogen-bond donors (Lipinski definition) is 1. The van der Waals surface area contributed by atoms with E-state index in [9.17, 15) is 4.79 Å². The maximum atomic E-state index is 12.2. The number of rotatable bonds is 4. The SMILES string of the molecule is C[C@@H]1CN(CC(=O)Nc2nncs2)[C@H](c2ccccc2)CO1. The second-order valence-electron chi connectivity index (χ2n) is 5.29. The van der Waals surface area contributed by atoms with Crippen molar-refractivity contribution >= 4 is 22.4 Å². The maximum Gasteiger partial charge on any atom is 0.240 e. The molecular formula is C15H18N4O2S. The molecule has 0 radical (unpaired) electrons. The summed E-state index contributed by atoms with van der Waals surface area (Å²) in [6.07, 6.45) is 0.120. The van der Waals surface area contributed by atoms with Gasteiger partial charge in [0, 0.05) is 6.54 Å². The topological polar surface area (TPSA) is 67.4 Å². The summed E-state index contributed by atoms with van der Waals surface area (Å²) in [6, 6.07) is 10.2. The van der Waals surface area contributed by atoms with E-state index >= 15 is 0 Å². The third-order valence-electron chi connectivity index (χ3n) is 3.61. The van der Waals surface area contributed by atoms with Crippen LogP contribution in [0.15, 0.2) is 35.8 Å². The Morgan fingerprint density at radius 3 is 3.00 bits per heavy atom. The van der Waals surface area contributed by atoms with Gasteiger partial charge in [0.2, 0.25) is 11.0 Å². The maximum absolute atomic E-state index is 12.2. The number of aromatic nitrogens is 2.